The minimum atomic E-state index is -4.61. The highest BCUT2D eigenvalue weighted by atomic mass is 32.2. The van der Waals surface area contributed by atoms with Gasteiger partial charge in [-0.1, -0.05) is 19.9 Å². The lowest BCUT2D eigenvalue weighted by Gasteiger charge is -2.44. The van der Waals surface area contributed by atoms with E-state index in [1.54, 1.807) is 0 Å². The highest BCUT2D eigenvalue weighted by Gasteiger charge is 2.53. The number of carbonyl (C=O) groups excluding carboxylic acids is 1. The Morgan fingerprint density at radius 1 is 1.19 bits per heavy atom. The van der Waals surface area contributed by atoms with Gasteiger partial charge in [0, 0.05) is 19.6 Å². The Balaban J connectivity index is 1.52. The zero-order chi connectivity index (χ0) is 23.3. The van der Waals surface area contributed by atoms with E-state index in [1.807, 2.05) is 4.90 Å². The van der Waals surface area contributed by atoms with Crippen molar-refractivity contribution in [2.75, 3.05) is 19.6 Å². The Kier molecular flexibility index (Phi) is 6.09. The number of carbonyl (C=O) groups is 1. The largest absolute Gasteiger partial charge is 0.416 e. The summed E-state index contributed by atoms with van der Waals surface area (Å²) in [7, 11) is -4.06. The predicted octanol–water partition coefficient (Wildman–Crippen LogP) is 3.44. The molecular weight excluding hydrogens is 443 g/mol. The first-order valence-electron chi connectivity index (χ1n) is 11.2. The quantitative estimate of drug-likeness (QED) is 0.687. The van der Waals surface area contributed by atoms with Crippen molar-refractivity contribution in [3.63, 3.8) is 0 Å². The van der Waals surface area contributed by atoms with Crippen LogP contribution in [0.4, 0.5) is 13.2 Å². The van der Waals surface area contributed by atoms with Gasteiger partial charge in [0.1, 0.15) is 0 Å². The van der Waals surface area contributed by atoms with E-state index in [-0.39, 0.29) is 29.9 Å². The summed E-state index contributed by atoms with van der Waals surface area (Å²) in [5.41, 5.74) is -1.57. The minimum Gasteiger partial charge on any atom is -0.323 e. The molecule has 1 aromatic carbocycles. The second-order valence-corrected chi connectivity index (χ2v) is 11.6. The number of nitrogens with zero attached hydrogens (tertiary/aromatic N) is 2. The third-order valence-electron chi connectivity index (χ3n) is 6.72. The van der Waals surface area contributed by atoms with Crippen LogP contribution >= 0.6 is 0 Å². The average Bonchev–Trinajstić information content (AvgIpc) is 3.51. The van der Waals surface area contributed by atoms with Crippen molar-refractivity contribution in [2.45, 2.75) is 68.7 Å². The van der Waals surface area contributed by atoms with Gasteiger partial charge in [-0.2, -0.15) is 17.5 Å². The van der Waals surface area contributed by atoms with E-state index in [0.717, 1.165) is 25.0 Å². The topological polar surface area (TPSA) is 69.7 Å². The molecule has 1 N–H and O–H groups in total. The molecule has 0 aromatic heterocycles. The maximum Gasteiger partial charge on any atom is 0.416 e. The Morgan fingerprint density at radius 2 is 1.84 bits per heavy atom. The molecule has 0 radical (unpaired) electrons. The summed E-state index contributed by atoms with van der Waals surface area (Å²) < 4.78 is 66.6. The number of hydrogen-bond acceptors (Lipinski definition) is 4. The molecule has 1 aliphatic carbocycles. The fourth-order valence-electron chi connectivity index (χ4n) is 4.81. The summed E-state index contributed by atoms with van der Waals surface area (Å²) in [6.07, 6.45) is -0.861. The normalized spacial score (nSPS) is 24.6. The summed E-state index contributed by atoms with van der Waals surface area (Å²) in [5.74, 6) is 0.929. The van der Waals surface area contributed by atoms with Crippen molar-refractivity contribution in [1.29, 1.82) is 0 Å². The number of amides is 1. The standard InChI is InChI=1S/C22H30F3N3O3S/c1-15(2)12-19-20(29)28(14-16-6-7-16)21(26-19)8-10-27(11-9-21)32(30,31)18-5-3-4-17(13-18)22(23,24)25/h3-5,13,15-16,19,26H,6-12,14H2,1-2H3/t19-/m1/s1. The summed E-state index contributed by atoms with van der Waals surface area (Å²) in [6.45, 7) is 5.11. The average molecular weight is 474 g/mol. The molecule has 3 aliphatic rings. The molecule has 3 fully saturated rings. The third kappa shape index (κ3) is 4.54. The first-order chi connectivity index (χ1) is 14.9. The van der Waals surface area contributed by atoms with Gasteiger partial charge in [-0.3, -0.25) is 10.1 Å². The van der Waals surface area contributed by atoms with Crippen LogP contribution in [0.3, 0.4) is 0 Å². The van der Waals surface area contributed by atoms with Gasteiger partial charge in [0.05, 0.1) is 22.2 Å². The molecule has 10 heteroatoms. The lowest BCUT2D eigenvalue weighted by atomic mass is 9.96. The molecule has 2 aliphatic heterocycles. The van der Waals surface area contributed by atoms with Crippen LogP contribution in [0, 0.1) is 11.8 Å². The van der Waals surface area contributed by atoms with E-state index in [4.69, 9.17) is 0 Å². The second-order valence-electron chi connectivity index (χ2n) is 9.68. The SMILES string of the molecule is CC(C)C[C@H]1NC2(CCN(S(=O)(=O)c3cccc(C(F)(F)F)c3)CC2)N(CC2CC2)C1=O. The van der Waals surface area contributed by atoms with Gasteiger partial charge in [0.25, 0.3) is 0 Å². The highest BCUT2D eigenvalue weighted by molar-refractivity contribution is 7.89. The summed E-state index contributed by atoms with van der Waals surface area (Å²) in [6, 6.07) is 3.59. The fraction of sp³-hybridized carbons (Fsp3) is 0.682. The van der Waals surface area contributed by atoms with Gasteiger partial charge >= 0.3 is 6.18 Å². The van der Waals surface area contributed by atoms with Crippen molar-refractivity contribution in [1.82, 2.24) is 14.5 Å². The zero-order valence-corrected chi connectivity index (χ0v) is 19.2. The van der Waals surface area contributed by atoms with E-state index >= 15 is 0 Å². The number of hydrogen-bond donors (Lipinski definition) is 1. The Morgan fingerprint density at radius 3 is 2.41 bits per heavy atom. The number of rotatable bonds is 6. The molecule has 178 valence electrons. The van der Waals surface area contributed by atoms with Crippen molar-refractivity contribution >= 4 is 15.9 Å². The van der Waals surface area contributed by atoms with Gasteiger partial charge in [-0.05, 0) is 62.1 Å². The van der Waals surface area contributed by atoms with E-state index in [9.17, 15) is 26.4 Å². The Hall–Kier alpha value is -1.65. The van der Waals surface area contributed by atoms with Crippen molar-refractivity contribution in [3.05, 3.63) is 29.8 Å². The number of benzene rings is 1. The van der Waals surface area contributed by atoms with Gasteiger partial charge in [-0.25, -0.2) is 8.42 Å². The number of sulfonamides is 1. The predicted molar refractivity (Wildman–Crippen MR) is 113 cm³/mol. The summed E-state index contributed by atoms with van der Waals surface area (Å²) >= 11 is 0. The summed E-state index contributed by atoms with van der Waals surface area (Å²) in [5, 5.41) is 3.52. The molecule has 1 spiro atoms. The van der Waals surface area contributed by atoms with Crippen molar-refractivity contribution in [2.24, 2.45) is 11.8 Å². The van der Waals surface area contributed by atoms with Crippen LogP contribution < -0.4 is 5.32 Å². The molecule has 1 saturated carbocycles. The first-order valence-corrected chi connectivity index (χ1v) is 12.6. The van der Waals surface area contributed by atoms with Crippen LogP contribution in [0.2, 0.25) is 0 Å². The molecule has 1 amide bonds. The van der Waals surface area contributed by atoms with Gasteiger partial charge in [0.15, 0.2) is 0 Å². The minimum absolute atomic E-state index is 0.0831. The van der Waals surface area contributed by atoms with E-state index < -0.39 is 27.4 Å². The molecule has 0 bridgehead atoms. The van der Waals surface area contributed by atoms with Crippen LogP contribution in [0.25, 0.3) is 0 Å². The van der Waals surface area contributed by atoms with Crippen LogP contribution in [-0.2, 0) is 21.0 Å². The molecule has 1 atom stereocenters. The van der Waals surface area contributed by atoms with Crippen LogP contribution in [0.1, 0.15) is 51.5 Å². The molecular formula is C22H30F3N3O3S. The lowest BCUT2D eigenvalue weighted by Crippen LogP contribution is -2.59. The van der Waals surface area contributed by atoms with Crippen molar-refractivity contribution < 1.29 is 26.4 Å². The monoisotopic (exact) mass is 473 g/mol. The number of piperidine rings is 1. The smallest absolute Gasteiger partial charge is 0.323 e. The molecule has 2 saturated heterocycles. The molecule has 6 nitrogen and oxygen atoms in total. The van der Waals surface area contributed by atoms with Gasteiger partial charge < -0.3 is 4.90 Å². The number of alkyl halides is 3. The fourth-order valence-corrected chi connectivity index (χ4v) is 6.30. The molecule has 4 rings (SSSR count). The van der Waals surface area contributed by atoms with E-state index in [2.05, 4.69) is 19.2 Å². The molecule has 32 heavy (non-hydrogen) atoms. The number of halogens is 3. The number of nitrogens with one attached hydrogen (secondary N) is 1. The molecule has 0 unspecified atom stereocenters. The van der Waals surface area contributed by atoms with Gasteiger partial charge in [0.2, 0.25) is 15.9 Å². The lowest BCUT2D eigenvalue weighted by molar-refractivity contribution is -0.137. The first kappa shape index (κ1) is 23.5. The van der Waals surface area contributed by atoms with E-state index in [0.29, 0.717) is 43.7 Å². The maximum absolute atomic E-state index is 13.1. The van der Waals surface area contributed by atoms with Crippen LogP contribution in [-0.4, -0.2) is 54.9 Å². The molecule has 2 heterocycles. The van der Waals surface area contributed by atoms with Crippen molar-refractivity contribution in [3.8, 4) is 0 Å². The van der Waals surface area contributed by atoms with Gasteiger partial charge in [-0.15, -0.1) is 0 Å². The Labute approximate surface area is 187 Å². The maximum atomic E-state index is 13.1. The zero-order valence-electron chi connectivity index (χ0n) is 18.4. The third-order valence-corrected chi connectivity index (χ3v) is 8.61. The highest BCUT2D eigenvalue weighted by Crippen LogP contribution is 2.40. The van der Waals surface area contributed by atoms with E-state index in [1.165, 1.54) is 10.4 Å². The second kappa shape index (κ2) is 8.29. The Bertz CT molecular complexity index is 968. The summed E-state index contributed by atoms with van der Waals surface area (Å²) in [4.78, 5) is 14.7. The molecule has 1 aromatic rings. The van der Waals surface area contributed by atoms with Crippen LogP contribution in [0.5, 0.6) is 0 Å². The van der Waals surface area contributed by atoms with Crippen LogP contribution in [0.15, 0.2) is 29.2 Å².